The average molecular weight is 1090 g/mol. The second-order valence-corrected chi connectivity index (χ2v) is 18.5. The SMILES string of the molecule is COC(=O)CCCCCCCCO[C@@H]1OC(CO)[C@H](OC2OC[C@@H](O)C(O)C2O)C(OC2OC(CO)[C@@H](O)C(O[C@]3(C(=O)O)CC(O)[C@@H](NC(C)=O)C(C(O)C(O)CO)O3)C2O)C1NC(=O)c1ccc(O)c(OC)c1. The van der Waals surface area contributed by atoms with Crippen molar-refractivity contribution in [3.8, 4) is 11.5 Å². The van der Waals surface area contributed by atoms with Gasteiger partial charge >= 0.3 is 11.9 Å². The smallest absolute Gasteiger partial charge is 0.364 e. The van der Waals surface area contributed by atoms with Crippen LogP contribution in [0.25, 0.3) is 0 Å². The Morgan fingerprint density at radius 1 is 0.760 bits per heavy atom. The van der Waals surface area contributed by atoms with Crippen LogP contribution in [0.5, 0.6) is 11.5 Å². The van der Waals surface area contributed by atoms with Crippen LogP contribution in [0.2, 0.25) is 0 Å². The number of carboxylic acid groups (broad SMARTS) is 1. The third-order valence-electron chi connectivity index (χ3n) is 13.2. The predicted octanol–water partition coefficient (Wildman–Crippen LogP) is -5.68. The van der Waals surface area contributed by atoms with Gasteiger partial charge in [-0.05, 0) is 31.0 Å². The minimum Gasteiger partial charge on any atom is -0.504 e. The molecule has 29 nitrogen and oxygen atoms in total. The molecule has 5 rings (SSSR count). The van der Waals surface area contributed by atoms with Gasteiger partial charge in [-0.25, -0.2) is 4.79 Å². The molecule has 0 radical (unpaired) electrons. The number of unbranched alkanes of at least 4 members (excludes halogenated alkanes) is 5. The molecule has 0 aliphatic carbocycles. The van der Waals surface area contributed by atoms with E-state index in [4.69, 9.17) is 42.6 Å². The van der Waals surface area contributed by atoms with Crippen LogP contribution in [0.15, 0.2) is 18.2 Å². The highest BCUT2D eigenvalue weighted by molar-refractivity contribution is 5.95. The average Bonchev–Trinajstić information content (AvgIpc) is 3.38. The van der Waals surface area contributed by atoms with Gasteiger partial charge in [0.05, 0.1) is 52.8 Å². The molecule has 4 fully saturated rings. The number of aromatic hydroxyl groups is 1. The number of hydrogen-bond acceptors (Lipinski definition) is 26. The molecule has 29 heteroatoms. The molecule has 20 atom stereocenters. The Bertz CT molecular complexity index is 1990. The normalized spacial score (nSPS) is 35.9. The number of aliphatic hydroxyl groups excluding tert-OH is 11. The van der Waals surface area contributed by atoms with Gasteiger partial charge in [-0.1, -0.05) is 25.7 Å². The zero-order valence-electron chi connectivity index (χ0n) is 41.4. The van der Waals surface area contributed by atoms with Crippen molar-refractivity contribution in [3.05, 3.63) is 23.8 Å². The highest BCUT2D eigenvalue weighted by Gasteiger charge is 2.61. The highest BCUT2D eigenvalue weighted by atomic mass is 16.8. The molecule has 0 aromatic heterocycles. The molecule has 0 bridgehead atoms. The molecule has 4 aliphatic heterocycles. The molecule has 0 saturated carbocycles. The number of carboxylic acids is 1. The van der Waals surface area contributed by atoms with Gasteiger partial charge in [0, 0.05) is 31.9 Å². The first-order valence-electron chi connectivity index (χ1n) is 24.4. The first-order valence-corrected chi connectivity index (χ1v) is 24.4. The van der Waals surface area contributed by atoms with Gasteiger partial charge in [0.2, 0.25) is 5.91 Å². The third kappa shape index (κ3) is 15.4. The molecule has 428 valence electrons. The molecular weight excluding hydrogens is 1010 g/mol. The van der Waals surface area contributed by atoms with Crippen LogP contribution in [-0.2, 0) is 57.0 Å². The van der Waals surface area contributed by atoms with E-state index in [1.165, 1.54) is 26.4 Å². The van der Waals surface area contributed by atoms with Crippen LogP contribution < -0.4 is 15.4 Å². The molecule has 2 amide bonds. The fourth-order valence-corrected chi connectivity index (χ4v) is 9.09. The highest BCUT2D eigenvalue weighted by Crippen LogP contribution is 2.39. The summed E-state index contributed by atoms with van der Waals surface area (Å²) in [7, 11) is 2.53. The maximum Gasteiger partial charge on any atom is 0.364 e. The van der Waals surface area contributed by atoms with Gasteiger partial charge in [-0.2, -0.15) is 0 Å². The number of methoxy groups -OCH3 is 2. The largest absolute Gasteiger partial charge is 0.504 e. The first kappa shape index (κ1) is 61.8. The lowest BCUT2D eigenvalue weighted by Crippen LogP contribution is -2.71. The Morgan fingerprint density at radius 3 is 2.04 bits per heavy atom. The molecule has 1 aromatic carbocycles. The Morgan fingerprint density at radius 2 is 1.41 bits per heavy atom. The van der Waals surface area contributed by atoms with E-state index in [0.29, 0.717) is 19.3 Å². The fraction of sp³-hybridized carbons (Fsp3) is 0.783. The zero-order chi connectivity index (χ0) is 55.3. The molecule has 1 aromatic rings. The Labute approximate surface area is 429 Å². The van der Waals surface area contributed by atoms with Crippen molar-refractivity contribution >= 4 is 23.8 Å². The molecule has 75 heavy (non-hydrogen) atoms. The van der Waals surface area contributed by atoms with Gasteiger partial charge in [0.15, 0.2) is 30.4 Å². The minimum atomic E-state index is -3.18. The van der Waals surface area contributed by atoms with Crippen molar-refractivity contribution in [1.82, 2.24) is 10.6 Å². The van der Waals surface area contributed by atoms with Crippen molar-refractivity contribution in [1.29, 1.82) is 0 Å². The number of amides is 2. The second kappa shape index (κ2) is 28.5. The number of rotatable bonds is 26. The molecule has 14 unspecified atom stereocenters. The van der Waals surface area contributed by atoms with Crippen molar-refractivity contribution in [2.45, 2.75) is 180 Å². The Hall–Kier alpha value is -4.06. The molecule has 0 spiro atoms. The van der Waals surface area contributed by atoms with Crippen LogP contribution in [-0.4, -0.2) is 260 Å². The summed E-state index contributed by atoms with van der Waals surface area (Å²) in [5.74, 6) is -7.73. The van der Waals surface area contributed by atoms with E-state index in [9.17, 15) is 85.6 Å². The van der Waals surface area contributed by atoms with E-state index >= 15 is 0 Å². The summed E-state index contributed by atoms with van der Waals surface area (Å²) in [6.07, 6.45) is -30.3. The van der Waals surface area contributed by atoms with E-state index in [1.54, 1.807) is 0 Å². The lowest BCUT2D eigenvalue weighted by Gasteiger charge is -2.51. The number of carbonyl (C=O) groups excluding carboxylic acids is 3. The summed E-state index contributed by atoms with van der Waals surface area (Å²) >= 11 is 0. The summed E-state index contributed by atoms with van der Waals surface area (Å²) in [6.45, 7) is -2.78. The number of ether oxygens (including phenoxy) is 10. The summed E-state index contributed by atoms with van der Waals surface area (Å²) in [4.78, 5) is 51.1. The number of hydrogen-bond donors (Lipinski definition) is 15. The van der Waals surface area contributed by atoms with Crippen LogP contribution in [0.4, 0.5) is 0 Å². The number of benzene rings is 1. The number of aliphatic carboxylic acids is 1. The van der Waals surface area contributed by atoms with Gasteiger partial charge < -0.3 is 124 Å². The monoisotopic (exact) mass is 1080 g/mol. The molecule has 15 N–H and O–H groups in total. The maximum atomic E-state index is 14.3. The van der Waals surface area contributed by atoms with Crippen LogP contribution in [0.1, 0.15) is 68.6 Å². The third-order valence-corrected chi connectivity index (χ3v) is 13.2. The summed E-state index contributed by atoms with van der Waals surface area (Å²) in [5.41, 5.74) is -0.130. The van der Waals surface area contributed by atoms with Crippen LogP contribution >= 0.6 is 0 Å². The van der Waals surface area contributed by atoms with E-state index < -0.39 is 173 Å². The molecule has 4 heterocycles. The number of aliphatic hydroxyl groups is 11. The summed E-state index contributed by atoms with van der Waals surface area (Å²) in [5, 5.41) is 145. The van der Waals surface area contributed by atoms with Crippen molar-refractivity contribution in [2.75, 3.05) is 47.3 Å². The van der Waals surface area contributed by atoms with Gasteiger partial charge in [0.1, 0.15) is 85.4 Å². The summed E-state index contributed by atoms with van der Waals surface area (Å²) in [6, 6.07) is 0.238. The molecule has 4 saturated heterocycles. The maximum absolute atomic E-state index is 14.3. The van der Waals surface area contributed by atoms with E-state index in [-0.39, 0.29) is 36.1 Å². The quantitative estimate of drug-likeness (QED) is 0.0304. The van der Waals surface area contributed by atoms with E-state index in [2.05, 4.69) is 15.4 Å². The first-order chi connectivity index (χ1) is 35.6. The van der Waals surface area contributed by atoms with E-state index in [1.807, 2.05) is 0 Å². The van der Waals surface area contributed by atoms with Crippen molar-refractivity contribution < 1.29 is 133 Å². The van der Waals surface area contributed by atoms with Crippen LogP contribution in [0.3, 0.4) is 0 Å². The predicted molar refractivity (Wildman–Crippen MR) is 245 cm³/mol. The van der Waals surface area contributed by atoms with E-state index in [0.717, 1.165) is 32.3 Å². The standard InChI is InChI=1S/C46H72N2O27/c1-20(52)47-30-23(54)15-46(45(64)65,74-38(30)33(59)24(55)16-49)75-40-34(60)27(17-50)70-44(36(40)62)73-39-31(48-41(63)21-11-12-22(53)26(14-21)66-2)42(68-13-9-7-5-4-6-8-10-29(57)67-3)71-28(18-51)37(39)72-43-35(61)32(58)25(56)19-69-43/h11-12,14,23-25,27-28,30-40,42-44,49-51,53-56,58-62H,4-10,13,15-19H2,1-3H3,(H,47,52)(H,48,63)(H,64,65)/t23?,24?,25-,27?,28?,30-,31?,32?,33?,34-,35?,36?,37+,38?,39?,40?,42-,43?,44?,46+/m1/s1. The number of esters is 1. The minimum absolute atomic E-state index is 0.0641. The lowest BCUT2D eigenvalue weighted by atomic mass is 9.88. The zero-order valence-corrected chi connectivity index (χ0v) is 41.4. The lowest BCUT2D eigenvalue weighted by molar-refractivity contribution is -0.388. The fourth-order valence-electron chi connectivity index (χ4n) is 9.09. The number of phenolic OH excluding ortho intramolecular Hbond substituents is 1. The summed E-state index contributed by atoms with van der Waals surface area (Å²) < 4.78 is 57.7. The topological polar surface area (TPSA) is 448 Å². The Kier molecular flexibility index (Phi) is 23.5. The van der Waals surface area contributed by atoms with Gasteiger partial charge in [-0.15, -0.1) is 0 Å². The van der Waals surface area contributed by atoms with Crippen LogP contribution in [0, 0.1) is 0 Å². The second-order valence-electron chi connectivity index (χ2n) is 18.5. The number of nitrogens with one attached hydrogen (secondary N) is 2. The van der Waals surface area contributed by atoms with Gasteiger partial charge in [-0.3, -0.25) is 14.4 Å². The Balaban J connectivity index is 1.54. The number of phenols is 1. The van der Waals surface area contributed by atoms with Crippen molar-refractivity contribution in [2.24, 2.45) is 0 Å². The number of carbonyl (C=O) groups is 4. The van der Waals surface area contributed by atoms with Gasteiger partial charge in [0.25, 0.3) is 11.7 Å². The molecular formula is C46H72N2O27. The molecule has 4 aliphatic rings. The van der Waals surface area contributed by atoms with Crippen molar-refractivity contribution in [3.63, 3.8) is 0 Å².